The van der Waals surface area contributed by atoms with Crippen molar-refractivity contribution in [1.82, 2.24) is 4.98 Å². The number of aromatic amines is 1. The van der Waals surface area contributed by atoms with Gasteiger partial charge in [0.25, 0.3) is 0 Å². The van der Waals surface area contributed by atoms with E-state index in [-0.39, 0.29) is 0 Å². The van der Waals surface area contributed by atoms with Gasteiger partial charge in [0.1, 0.15) is 5.82 Å². The fourth-order valence-electron chi connectivity index (χ4n) is 2.76. The number of H-pyrrole nitrogens is 1. The number of aromatic nitrogens is 1. The van der Waals surface area contributed by atoms with Crippen LogP contribution >= 0.6 is 0 Å². The van der Waals surface area contributed by atoms with Crippen LogP contribution in [-0.4, -0.2) is 4.98 Å². The number of fused-ring (bicyclic) bond motifs is 1. The zero-order valence-electron chi connectivity index (χ0n) is 12.1. The molecule has 106 valence electrons. The zero-order chi connectivity index (χ0) is 14.8. The molecule has 22 heavy (non-hydrogen) atoms. The van der Waals surface area contributed by atoms with Gasteiger partial charge in [-0.05, 0) is 40.8 Å². The van der Waals surface area contributed by atoms with E-state index in [1.807, 2.05) is 24.4 Å². The molecule has 0 unspecified atom stereocenters. The van der Waals surface area contributed by atoms with Crippen LogP contribution in [0.3, 0.4) is 0 Å². The first-order valence-electron chi connectivity index (χ1n) is 7.39. The van der Waals surface area contributed by atoms with Crippen molar-refractivity contribution < 1.29 is 0 Å². The van der Waals surface area contributed by atoms with Crippen LogP contribution in [-0.2, 0) is 0 Å². The molecule has 2 heteroatoms. The minimum absolute atomic E-state index is 0.996. The number of hydrogen-bond acceptors (Lipinski definition) is 1. The summed E-state index contributed by atoms with van der Waals surface area (Å²) in [4.78, 5) is 3.20. The smallest absolute Gasteiger partial charge is 0.107 e. The number of anilines is 2. The maximum absolute atomic E-state index is 3.48. The lowest BCUT2D eigenvalue weighted by Crippen LogP contribution is -1.92. The molecule has 0 aliphatic rings. The van der Waals surface area contributed by atoms with Crippen LogP contribution in [0, 0.1) is 0 Å². The van der Waals surface area contributed by atoms with Gasteiger partial charge >= 0.3 is 0 Å². The van der Waals surface area contributed by atoms with E-state index >= 15 is 0 Å². The van der Waals surface area contributed by atoms with Crippen molar-refractivity contribution in [3.8, 4) is 11.1 Å². The molecule has 0 aliphatic heterocycles. The topological polar surface area (TPSA) is 27.8 Å². The Hall–Kier alpha value is -3.00. The Kier molecular flexibility index (Phi) is 3.13. The Labute approximate surface area is 129 Å². The Morgan fingerprint density at radius 2 is 1.50 bits per heavy atom. The van der Waals surface area contributed by atoms with E-state index in [0.29, 0.717) is 0 Å². The molecule has 2 N–H and O–H groups in total. The van der Waals surface area contributed by atoms with Crippen LogP contribution in [0.2, 0.25) is 0 Å². The molecule has 0 amide bonds. The normalized spacial score (nSPS) is 10.7. The van der Waals surface area contributed by atoms with Gasteiger partial charge < -0.3 is 10.3 Å². The van der Waals surface area contributed by atoms with Crippen molar-refractivity contribution in [3.05, 3.63) is 85.1 Å². The van der Waals surface area contributed by atoms with Gasteiger partial charge in [-0.2, -0.15) is 0 Å². The highest BCUT2D eigenvalue weighted by Gasteiger charge is 2.06. The van der Waals surface area contributed by atoms with Crippen LogP contribution < -0.4 is 5.32 Å². The first kappa shape index (κ1) is 12.7. The summed E-state index contributed by atoms with van der Waals surface area (Å²) in [5, 5.41) is 5.93. The predicted molar refractivity (Wildman–Crippen MR) is 93.5 cm³/mol. The van der Waals surface area contributed by atoms with Crippen LogP contribution in [0.25, 0.3) is 21.9 Å². The fraction of sp³-hybridized carbons (Fsp3) is 0. The summed E-state index contributed by atoms with van der Waals surface area (Å²) in [7, 11) is 0. The molecular weight excluding hydrogens is 268 g/mol. The van der Waals surface area contributed by atoms with Gasteiger partial charge in [-0.25, -0.2) is 0 Å². The first-order valence-corrected chi connectivity index (χ1v) is 7.39. The minimum Gasteiger partial charge on any atom is -0.348 e. The van der Waals surface area contributed by atoms with E-state index in [1.54, 1.807) is 0 Å². The van der Waals surface area contributed by atoms with E-state index in [0.717, 1.165) is 11.5 Å². The average molecular weight is 284 g/mol. The second-order valence-corrected chi connectivity index (χ2v) is 5.32. The molecule has 4 rings (SSSR count). The lowest BCUT2D eigenvalue weighted by Gasteiger charge is -2.12. The van der Waals surface area contributed by atoms with Crippen LogP contribution in [0.1, 0.15) is 0 Å². The largest absolute Gasteiger partial charge is 0.348 e. The molecule has 0 spiro atoms. The standard InChI is InChI=1S/C20H16N2/c1-2-7-15(8-3-1)17-13-16-9-4-5-10-18(16)19(14-17)22-20-11-6-12-21-20/h1-14,21-22H. The highest BCUT2D eigenvalue weighted by atomic mass is 15.0. The summed E-state index contributed by atoms with van der Waals surface area (Å²) >= 11 is 0. The van der Waals surface area contributed by atoms with Gasteiger partial charge in [-0.1, -0.05) is 54.6 Å². The Morgan fingerprint density at radius 1 is 0.682 bits per heavy atom. The molecular formula is C20H16N2. The molecule has 1 heterocycles. The molecule has 0 fully saturated rings. The zero-order valence-corrected chi connectivity index (χ0v) is 12.1. The van der Waals surface area contributed by atoms with Crippen molar-refractivity contribution in [2.45, 2.75) is 0 Å². The van der Waals surface area contributed by atoms with Gasteiger partial charge in [-0.3, -0.25) is 0 Å². The summed E-state index contributed by atoms with van der Waals surface area (Å²) < 4.78 is 0. The molecule has 0 saturated carbocycles. The minimum atomic E-state index is 0.996. The predicted octanol–water partition coefficient (Wildman–Crippen LogP) is 5.58. The fourth-order valence-corrected chi connectivity index (χ4v) is 2.76. The van der Waals surface area contributed by atoms with Crippen molar-refractivity contribution in [1.29, 1.82) is 0 Å². The van der Waals surface area contributed by atoms with Crippen molar-refractivity contribution in [3.63, 3.8) is 0 Å². The van der Waals surface area contributed by atoms with Crippen molar-refractivity contribution >= 4 is 22.3 Å². The third-order valence-corrected chi connectivity index (χ3v) is 3.84. The van der Waals surface area contributed by atoms with Crippen molar-refractivity contribution in [2.75, 3.05) is 5.32 Å². The van der Waals surface area contributed by atoms with Gasteiger partial charge in [0.05, 0.1) is 0 Å². The molecule has 0 saturated heterocycles. The van der Waals surface area contributed by atoms with Crippen LogP contribution in [0.15, 0.2) is 85.1 Å². The molecule has 0 atom stereocenters. The summed E-state index contributed by atoms with van der Waals surface area (Å²) in [5.74, 6) is 0.996. The third-order valence-electron chi connectivity index (χ3n) is 3.84. The van der Waals surface area contributed by atoms with Crippen LogP contribution in [0.5, 0.6) is 0 Å². The van der Waals surface area contributed by atoms with Crippen molar-refractivity contribution in [2.24, 2.45) is 0 Å². The van der Waals surface area contributed by atoms with E-state index in [2.05, 4.69) is 71.0 Å². The van der Waals surface area contributed by atoms with E-state index < -0.39 is 0 Å². The average Bonchev–Trinajstić information content (AvgIpc) is 3.09. The van der Waals surface area contributed by atoms with Gasteiger partial charge in [0, 0.05) is 17.3 Å². The maximum Gasteiger partial charge on any atom is 0.107 e. The number of nitrogens with one attached hydrogen (secondary N) is 2. The molecule has 4 aromatic rings. The highest BCUT2D eigenvalue weighted by molar-refractivity contribution is 5.98. The Balaban J connectivity index is 1.89. The van der Waals surface area contributed by atoms with E-state index in [1.165, 1.54) is 21.9 Å². The lowest BCUT2D eigenvalue weighted by atomic mass is 9.99. The molecule has 3 aromatic carbocycles. The molecule has 2 nitrogen and oxygen atoms in total. The summed E-state index contributed by atoms with van der Waals surface area (Å²) in [5.41, 5.74) is 3.55. The highest BCUT2D eigenvalue weighted by Crippen LogP contribution is 2.32. The van der Waals surface area contributed by atoms with E-state index in [9.17, 15) is 0 Å². The monoisotopic (exact) mass is 284 g/mol. The second-order valence-electron chi connectivity index (χ2n) is 5.32. The third kappa shape index (κ3) is 2.35. The van der Waals surface area contributed by atoms with Gasteiger partial charge in [0.2, 0.25) is 0 Å². The first-order chi connectivity index (χ1) is 10.9. The SMILES string of the molecule is c1ccc(-c2cc(Nc3ccc[nH]3)c3ccccc3c2)cc1. The number of rotatable bonds is 3. The summed E-state index contributed by atoms with van der Waals surface area (Å²) in [6, 6.07) is 27.4. The Morgan fingerprint density at radius 3 is 2.32 bits per heavy atom. The maximum atomic E-state index is 3.48. The van der Waals surface area contributed by atoms with Gasteiger partial charge in [0.15, 0.2) is 0 Å². The summed E-state index contributed by atoms with van der Waals surface area (Å²) in [6.45, 7) is 0. The molecule has 1 aromatic heterocycles. The second kappa shape index (κ2) is 5.41. The van der Waals surface area contributed by atoms with Gasteiger partial charge in [-0.15, -0.1) is 0 Å². The van der Waals surface area contributed by atoms with Crippen LogP contribution in [0.4, 0.5) is 11.5 Å². The number of hydrogen-bond donors (Lipinski definition) is 2. The molecule has 0 radical (unpaired) electrons. The number of benzene rings is 3. The molecule has 0 aliphatic carbocycles. The van der Waals surface area contributed by atoms with E-state index in [4.69, 9.17) is 0 Å². The summed E-state index contributed by atoms with van der Waals surface area (Å²) in [6.07, 6.45) is 1.92. The molecule has 0 bridgehead atoms. The quantitative estimate of drug-likeness (QED) is 0.505. The lowest BCUT2D eigenvalue weighted by molar-refractivity contribution is 1.38. The Bertz CT molecular complexity index is 894.